The van der Waals surface area contributed by atoms with Crippen LogP contribution in [-0.4, -0.2) is 41.1 Å². The molecule has 1 aromatic carbocycles. The van der Waals surface area contributed by atoms with Gasteiger partial charge in [-0.1, -0.05) is 17.3 Å². The zero-order valence-electron chi connectivity index (χ0n) is 15.1. The van der Waals surface area contributed by atoms with Crippen LogP contribution in [0, 0.1) is 0 Å². The van der Waals surface area contributed by atoms with Gasteiger partial charge in [0, 0.05) is 24.4 Å². The highest BCUT2D eigenvalue weighted by atomic mass is 16.5. The molecule has 0 bridgehead atoms. The number of carbonyl (C=O) groups is 1. The molecule has 3 aromatic heterocycles. The van der Waals surface area contributed by atoms with Gasteiger partial charge in [0.2, 0.25) is 0 Å². The number of likely N-dealkylation sites (tertiary alicyclic amines) is 1. The van der Waals surface area contributed by atoms with Gasteiger partial charge < -0.3 is 23.0 Å². The monoisotopic (exact) mass is 379 g/mol. The van der Waals surface area contributed by atoms with Crippen molar-refractivity contribution in [3.8, 4) is 17.4 Å². The van der Waals surface area contributed by atoms with E-state index < -0.39 is 0 Å². The van der Waals surface area contributed by atoms with Gasteiger partial charge in [-0.15, -0.1) is 0 Å². The number of nitrogens with zero attached hydrogens (tertiary/aromatic N) is 3. The van der Waals surface area contributed by atoms with Crippen molar-refractivity contribution in [3.05, 3.63) is 54.2 Å². The van der Waals surface area contributed by atoms with E-state index in [1.807, 2.05) is 12.1 Å². The maximum absolute atomic E-state index is 12.9. The van der Waals surface area contributed by atoms with E-state index in [1.165, 1.54) is 0 Å². The van der Waals surface area contributed by atoms with Crippen molar-refractivity contribution in [1.82, 2.24) is 15.0 Å². The first-order valence-electron chi connectivity index (χ1n) is 8.96. The molecule has 0 aliphatic carbocycles. The number of benzene rings is 1. The fourth-order valence-corrected chi connectivity index (χ4v) is 3.51. The van der Waals surface area contributed by atoms with Crippen LogP contribution in [0.1, 0.15) is 28.7 Å². The number of hydrogen-bond acceptors (Lipinski definition) is 7. The molecule has 0 saturated carbocycles. The van der Waals surface area contributed by atoms with Crippen LogP contribution in [0.3, 0.4) is 0 Å². The van der Waals surface area contributed by atoms with Crippen LogP contribution in [-0.2, 0) is 0 Å². The van der Waals surface area contributed by atoms with Crippen LogP contribution in [0.25, 0.3) is 22.6 Å². The van der Waals surface area contributed by atoms with Crippen molar-refractivity contribution in [2.75, 3.05) is 20.2 Å². The van der Waals surface area contributed by atoms with E-state index in [0.717, 1.165) is 11.8 Å². The lowest BCUT2D eigenvalue weighted by Crippen LogP contribution is -2.28. The number of carbonyl (C=O) groups excluding carboxylic acids is 1. The molecular weight excluding hydrogens is 362 g/mol. The zero-order chi connectivity index (χ0) is 19.1. The Balaban J connectivity index is 1.34. The maximum atomic E-state index is 12.9. The van der Waals surface area contributed by atoms with Crippen molar-refractivity contribution in [2.45, 2.75) is 12.3 Å². The van der Waals surface area contributed by atoms with Crippen LogP contribution in [0.15, 0.2) is 56.0 Å². The summed E-state index contributed by atoms with van der Waals surface area (Å²) in [6, 6.07) is 10.8. The third-order valence-corrected chi connectivity index (χ3v) is 4.95. The van der Waals surface area contributed by atoms with Gasteiger partial charge in [-0.05, 0) is 30.7 Å². The highest BCUT2D eigenvalue weighted by Crippen LogP contribution is 2.32. The molecule has 4 aromatic rings. The number of rotatable bonds is 4. The minimum atomic E-state index is -0.157. The number of aromatic nitrogens is 2. The van der Waals surface area contributed by atoms with E-state index in [-0.39, 0.29) is 11.8 Å². The first-order valence-corrected chi connectivity index (χ1v) is 8.96. The summed E-state index contributed by atoms with van der Waals surface area (Å²) in [7, 11) is 1.58. The van der Waals surface area contributed by atoms with Gasteiger partial charge >= 0.3 is 0 Å². The molecule has 4 heterocycles. The number of ether oxygens (including phenoxy) is 1. The number of amides is 1. The molecule has 1 amide bonds. The van der Waals surface area contributed by atoms with Crippen molar-refractivity contribution in [3.63, 3.8) is 0 Å². The van der Waals surface area contributed by atoms with Crippen LogP contribution >= 0.6 is 0 Å². The van der Waals surface area contributed by atoms with Crippen LogP contribution < -0.4 is 4.74 Å². The van der Waals surface area contributed by atoms with Crippen molar-refractivity contribution in [2.24, 2.45) is 0 Å². The molecule has 5 rings (SSSR count). The molecule has 1 fully saturated rings. The fourth-order valence-electron chi connectivity index (χ4n) is 3.51. The molecule has 1 saturated heterocycles. The minimum absolute atomic E-state index is 0.00956. The summed E-state index contributed by atoms with van der Waals surface area (Å²) >= 11 is 0. The molecule has 1 aliphatic heterocycles. The average molecular weight is 379 g/mol. The van der Waals surface area contributed by atoms with Gasteiger partial charge in [-0.2, -0.15) is 4.98 Å². The summed E-state index contributed by atoms with van der Waals surface area (Å²) in [5.74, 6) is 2.20. The number of fused-ring (bicyclic) bond motifs is 1. The second kappa shape index (κ2) is 6.56. The Hall–Kier alpha value is -3.55. The van der Waals surface area contributed by atoms with E-state index in [0.29, 0.717) is 47.7 Å². The molecule has 0 N–H and O–H groups in total. The van der Waals surface area contributed by atoms with Gasteiger partial charge in [0.15, 0.2) is 28.7 Å². The highest BCUT2D eigenvalue weighted by molar-refractivity contribution is 5.97. The summed E-state index contributed by atoms with van der Waals surface area (Å²) in [6.07, 6.45) is 2.31. The minimum Gasteiger partial charge on any atom is -0.493 e. The third kappa shape index (κ3) is 2.74. The molecule has 8 nitrogen and oxygen atoms in total. The Kier molecular flexibility index (Phi) is 3.89. The van der Waals surface area contributed by atoms with E-state index in [2.05, 4.69) is 10.1 Å². The van der Waals surface area contributed by atoms with Crippen LogP contribution in [0.4, 0.5) is 0 Å². The topological polar surface area (TPSA) is 94.7 Å². The first-order chi connectivity index (χ1) is 13.7. The third-order valence-electron chi connectivity index (χ3n) is 4.95. The van der Waals surface area contributed by atoms with Gasteiger partial charge in [-0.25, -0.2) is 0 Å². The van der Waals surface area contributed by atoms with Crippen molar-refractivity contribution >= 4 is 16.9 Å². The maximum Gasteiger partial charge on any atom is 0.293 e. The molecule has 0 spiro atoms. The largest absolute Gasteiger partial charge is 0.493 e. The molecule has 28 heavy (non-hydrogen) atoms. The van der Waals surface area contributed by atoms with Crippen LogP contribution in [0.2, 0.25) is 0 Å². The molecule has 0 unspecified atom stereocenters. The molecule has 1 aliphatic rings. The fraction of sp³-hybridized carbons (Fsp3) is 0.250. The van der Waals surface area contributed by atoms with E-state index in [4.69, 9.17) is 18.1 Å². The lowest BCUT2D eigenvalue weighted by Gasteiger charge is -2.13. The Bertz CT molecular complexity index is 1130. The van der Waals surface area contributed by atoms with Crippen molar-refractivity contribution in [1.29, 1.82) is 0 Å². The number of methoxy groups -OCH3 is 1. The predicted molar refractivity (Wildman–Crippen MR) is 98.0 cm³/mol. The quantitative estimate of drug-likeness (QED) is 0.533. The van der Waals surface area contributed by atoms with E-state index >= 15 is 0 Å². The molecule has 142 valence electrons. The second-order valence-corrected chi connectivity index (χ2v) is 6.66. The van der Waals surface area contributed by atoms with Gasteiger partial charge in [0.25, 0.3) is 11.8 Å². The smallest absolute Gasteiger partial charge is 0.293 e. The van der Waals surface area contributed by atoms with Crippen LogP contribution in [0.5, 0.6) is 5.75 Å². The van der Waals surface area contributed by atoms with Gasteiger partial charge in [0.1, 0.15) is 0 Å². The van der Waals surface area contributed by atoms with Gasteiger partial charge in [-0.3, -0.25) is 4.79 Å². The summed E-state index contributed by atoms with van der Waals surface area (Å²) in [4.78, 5) is 19.1. The Labute approximate surface area is 159 Å². The summed E-state index contributed by atoms with van der Waals surface area (Å²) in [6.45, 7) is 1.10. The number of hydrogen-bond donors (Lipinski definition) is 0. The highest BCUT2D eigenvalue weighted by Gasteiger charge is 2.32. The summed E-state index contributed by atoms with van der Waals surface area (Å²) < 4.78 is 21.6. The number of para-hydroxylation sites is 1. The average Bonchev–Trinajstić information content (AvgIpc) is 3.50. The standard InChI is InChI=1S/C20H17N3O5/c1-25-14-5-2-4-12-10-16(27-17(12)14)20(24)23-8-7-13(11-23)18-21-19(28-22-18)15-6-3-9-26-15/h2-6,9-10,13H,7-8,11H2,1H3/t13-/m0/s1. The number of furan rings is 2. The Morgan fingerprint density at radius 1 is 1.29 bits per heavy atom. The molecule has 8 heteroatoms. The predicted octanol–water partition coefficient (Wildman–Crippen LogP) is 3.71. The first kappa shape index (κ1) is 16.6. The van der Waals surface area contributed by atoms with Gasteiger partial charge in [0.05, 0.1) is 13.4 Å². The molecule has 1 atom stereocenters. The zero-order valence-corrected chi connectivity index (χ0v) is 15.1. The lowest BCUT2D eigenvalue weighted by molar-refractivity contribution is 0.0761. The summed E-state index contributed by atoms with van der Waals surface area (Å²) in [5.41, 5.74) is 0.574. The van der Waals surface area contributed by atoms with Crippen molar-refractivity contribution < 1.29 is 22.9 Å². The Morgan fingerprint density at radius 3 is 3.04 bits per heavy atom. The second-order valence-electron chi connectivity index (χ2n) is 6.66. The molecule has 0 radical (unpaired) electrons. The molecular formula is C20H17N3O5. The normalized spacial score (nSPS) is 16.8. The summed E-state index contributed by atoms with van der Waals surface area (Å²) in [5, 5.41) is 4.89. The Morgan fingerprint density at radius 2 is 2.21 bits per heavy atom. The van der Waals surface area contributed by atoms with E-state index in [9.17, 15) is 4.79 Å². The SMILES string of the molecule is COc1cccc2cc(C(=O)N3CC[C@H](c4noc(-c5ccco5)n4)C3)oc12. The van der Waals surface area contributed by atoms with E-state index in [1.54, 1.807) is 42.5 Å². The lowest BCUT2D eigenvalue weighted by atomic mass is 10.1.